The number of aromatic nitrogens is 5. The number of pyridine rings is 1. The number of alkyl halides is 2. The maximum absolute atomic E-state index is 14.3. The molecule has 5 aliphatic rings. The molecule has 46 heavy (non-hydrogen) atoms. The van der Waals surface area contributed by atoms with E-state index in [-0.39, 0.29) is 42.3 Å². The minimum absolute atomic E-state index is 0.157. The van der Waals surface area contributed by atoms with E-state index in [0.717, 1.165) is 56.9 Å². The smallest absolute Gasteiger partial charge is 0.276 e. The summed E-state index contributed by atoms with van der Waals surface area (Å²) in [6.07, 6.45) is 8.59. The lowest BCUT2D eigenvalue weighted by molar-refractivity contribution is -0.134. The van der Waals surface area contributed by atoms with E-state index in [2.05, 4.69) is 40.7 Å². The Hall–Kier alpha value is -4.20. The van der Waals surface area contributed by atoms with Gasteiger partial charge in [0, 0.05) is 80.5 Å². The van der Waals surface area contributed by atoms with Crippen molar-refractivity contribution in [2.24, 2.45) is 17.3 Å². The minimum Gasteiger partial charge on any atom is -0.357 e. The second-order valence-corrected chi connectivity index (χ2v) is 13.9. The summed E-state index contributed by atoms with van der Waals surface area (Å²) in [6.45, 7) is 6.26. The van der Waals surface area contributed by atoms with E-state index < -0.39 is 23.2 Å². The van der Waals surface area contributed by atoms with Crippen molar-refractivity contribution >= 4 is 29.2 Å². The minimum atomic E-state index is -2.71. The number of fused-ring (bicyclic) bond motifs is 2. The van der Waals surface area contributed by atoms with Crippen LogP contribution >= 0.6 is 0 Å². The van der Waals surface area contributed by atoms with Gasteiger partial charge in [-0.1, -0.05) is 13.0 Å². The largest absolute Gasteiger partial charge is 0.357 e. The Balaban J connectivity index is 0.787. The molecule has 14 heteroatoms. The number of imide groups is 1. The lowest BCUT2D eigenvalue weighted by Crippen LogP contribution is -2.50. The zero-order chi connectivity index (χ0) is 31.8. The van der Waals surface area contributed by atoms with Gasteiger partial charge in [0.1, 0.15) is 5.82 Å². The zero-order valence-electron chi connectivity index (χ0n) is 25.6. The molecule has 3 amide bonds. The van der Waals surface area contributed by atoms with Crippen molar-refractivity contribution in [1.82, 2.24) is 35.2 Å². The van der Waals surface area contributed by atoms with E-state index in [4.69, 9.17) is 0 Å². The number of rotatable bonds is 7. The number of H-pyrrole nitrogens is 1. The van der Waals surface area contributed by atoms with E-state index in [1.807, 2.05) is 23.0 Å². The van der Waals surface area contributed by atoms with Gasteiger partial charge in [-0.05, 0) is 43.2 Å². The summed E-state index contributed by atoms with van der Waals surface area (Å²) in [6, 6.07) is 4.16. The van der Waals surface area contributed by atoms with Gasteiger partial charge in [-0.15, -0.1) is 0 Å². The summed E-state index contributed by atoms with van der Waals surface area (Å²) in [5, 5.41) is 16.7. The Morgan fingerprint density at radius 2 is 1.93 bits per heavy atom. The molecular weight excluding hydrogens is 596 g/mol. The molecule has 3 aromatic rings. The van der Waals surface area contributed by atoms with E-state index in [9.17, 15) is 23.2 Å². The predicted molar refractivity (Wildman–Crippen MR) is 162 cm³/mol. The van der Waals surface area contributed by atoms with Gasteiger partial charge in [0.25, 0.3) is 11.8 Å². The van der Waals surface area contributed by atoms with Crippen molar-refractivity contribution in [3.05, 3.63) is 53.2 Å². The molecule has 242 valence electrons. The number of carbonyl (C=O) groups is 3. The highest BCUT2D eigenvalue weighted by atomic mass is 19.3. The standard InChI is InChI=1S/C32H37F2N9O3/c1-31-11-24-23(10-25(31)32(31,33)34)28(40-39-24)30(46)37-20-13-36-43(15-20)21-16-41(17-21)14-18-6-8-42(9-7-18)26-4-2-19(12-35-26)22-3-5-27(44)38-29(22)45/h2,4,12-13,15,18,21-22,25H,3,5-11,14,16-17H2,1H3,(H,37,46)(H,39,40)(H,38,44,45)/t22?,25-,31+/m0/s1. The number of halogens is 2. The maximum atomic E-state index is 14.3. The number of anilines is 2. The average molecular weight is 634 g/mol. The molecule has 12 nitrogen and oxygen atoms in total. The summed E-state index contributed by atoms with van der Waals surface area (Å²) in [5.41, 5.74) is 1.79. The number of piperidine rings is 2. The number of nitrogens with zero attached hydrogens (tertiary/aromatic N) is 6. The molecule has 0 bridgehead atoms. The molecular formula is C32H37F2N9O3. The Morgan fingerprint density at radius 1 is 1.13 bits per heavy atom. The van der Waals surface area contributed by atoms with Gasteiger partial charge in [-0.25, -0.2) is 13.8 Å². The van der Waals surface area contributed by atoms with Crippen molar-refractivity contribution in [3.63, 3.8) is 0 Å². The lowest BCUT2D eigenvalue weighted by Gasteiger charge is -2.42. The molecule has 8 rings (SSSR count). The van der Waals surface area contributed by atoms with Gasteiger partial charge in [0.15, 0.2) is 5.69 Å². The lowest BCUT2D eigenvalue weighted by atomic mass is 9.87. The van der Waals surface area contributed by atoms with Crippen LogP contribution in [0.3, 0.4) is 0 Å². The van der Waals surface area contributed by atoms with Crippen LogP contribution in [0, 0.1) is 17.3 Å². The van der Waals surface area contributed by atoms with E-state index in [0.29, 0.717) is 35.7 Å². The number of nitrogens with one attached hydrogen (secondary N) is 3. The molecule has 3 saturated heterocycles. The normalized spacial score (nSPS) is 27.8. The van der Waals surface area contributed by atoms with Crippen LogP contribution in [0.2, 0.25) is 0 Å². The van der Waals surface area contributed by atoms with Gasteiger partial charge in [-0.2, -0.15) is 10.2 Å². The SMILES string of the molecule is C[C@@]12Cc3[nH]nc(C(=O)Nc4cnn(C5CN(CC6CCN(c7ccc(C8CCC(=O)NC8=O)cn7)CC6)C5)c4)c3C[C@@H]1C2(F)F. The number of hydrogen-bond acceptors (Lipinski definition) is 8. The van der Waals surface area contributed by atoms with Gasteiger partial charge in [0.2, 0.25) is 11.8 Å². The van der Waals surface area contributed by atoms with Crippen molar-refractivity contribution in [2.45, 2.75) is 63.3 Å². The van der Waals surface area contributed by atoms with Crippen LogP contribution in [0.15, 0.2) is 30.7 Å². The number of aromatic amines is 1. The number of hydrogen-bond donors (Lipinski definition) is 3. The second kappa shape index (κ2) is 10.7. The molecule has 0 spiro atoms. The molecule has 2 aliphatic carbocycles. The highest BCUT2D eigenvalue weighted by Gasteiger charge is 2.78. The Morgan fingerprint density at radius 3 is 2.67 bits per heavy atom. The van der Waals surface area contributed by atoms with E-state index in [1.165, 1.54) is 0 Å². The van der Waals surface area contributed by atoms with Crippen molar-refractivity contribution in [1.29, 1.82) is 0 Å². The average Bonchev–Trinajstić information content (AvgIpc) is 3.43. The summed E-state index contributed by atoms with van der Waals surface area (Å²) < 4.78 is 30.4. The number of amides is 3. The van der Waals surface area contributed by atoms with Crippen LogP contribution in [0.1, 0.15) is 71.9 Å². The van der Waals surface area contributed by atoms with Gasteiger partial charge in [-0.3, -0.25) is 34.4 Å². The van der Waals surface area contributed by atoms with Crippen molar-refractivity contribution in [3.8, 4) is 0 Å². The third kappa shape index (κ3) is 4.88. The summed E-state index contributed by atoms with van der Waals surface area (Å²) in [5.74, 6) is -3.12. The molecule has 4 fully saturated rings. The van der Waals surface area contributed by atoms with Crippen molar-refractivity contribution < 1.29 is 23.2 Å². The van der Waals surface area contributed by atoms with Crippen LogP contribution < -0.4 is 15.5 Å². The summed E-state index contributed by atoms with van der Waals surface area (Å²) in [7, 11) is 0. The first-order chi connectivity index (χ1) is 22.1. The van der Waals surface area contributed by atoms with Gasteiger partial charge in [0.05, 0.1) is 23.8 Å². The summed E-state index contributed by atoms with van der Waals surface area (Å²) >= 11 is 0. The Labute approximate surface area is 264 Å². The van der Waals surface area contributed by atoms with E-state index >= 15 is 0 Å². The third-order valence-corrected chi connectivity index (χ3v) is 11.0. The first-order valence-corrected chi connectivity index (χ1v) is 16.2. The molecule has 6 heterocycles. The van der Waals surface area contributed by atoms with E-state index in [1.54, 1.807) is 19.3 Å². The molecule has 0 radical (unpaired) electrons. The predicted octanol–water partition coefficient (Wildman–Crippen LogP) is 2.92. The quantitative estimate of drug-likeness (QED) is 0.338. The highest BCUT2D eigenvalue weighted by Crippen LogP contribution is 2.70. The molecule has 3 N–H and O–H groups in total. The zero-order valence-corrected chi connectivity index (χ0v) is 25.6. The molecule has 3 aromatic heterocycles. The van der Waals surface area contributed by atoms with Gasteiger partial charge >= 0.3 is 0 Å². The summed E-state index contributed by atoms with van der Waals surface area (Å²) in [4.78, 5) is 46.0. The van der Waals surface area contributed by atoms with Crippen LogP contribution in [-0.4, -0.2) is 86.2 Å². The Kier molecular flexibility index (Phi) is 6.78. The number of carbonyl (C=O) groups excluding carboxylic acids is 3. The maximum Gasteiger partial charge on any atom is 0.276 e. The second-order valence-electron chi connectivity index (χ2n) is 13.9. The fourth-order valence-electron chi connectivity index (χ4n) is 7.96. The van der Waals surface area contributed by atoms with Crippen LogP contribution in [0.25, 0.3) is 0 Å². The molecule has 0 aromatic carbocycles. The van der Waals surface area contributed by atoms with Crippen LogP contribution in [-0.2, 0) is 22.4 Å². The Bertz CT molecular complexity index is 1690. The van der Waals surface area contributed by atoms with Gasteiger partial charge < -0.3 is 10.2 Å². The van der Waals surface area contributed by atoms with Crippen LogP contribution in [0.4, 0.5) is 20.3 Å². The monoisotopic (exact) mass is 633 g/mol. The first-order valence-electron chi connectivity index (χ1n) is 16.2. The topological polar surface area (TPSA) is 141 Å². The molecule has 1 unspecified atom stereocenters. The first kappa shape index (κ1) is 29.2. The third-order valence-electron chi connectivity index (χ3n) is 11.0. The molecule has 3 atom stereocenters. The molecule has 3 aliphatic heterocycles. The van der Waals surface area contributed by atoms with Crippen LogP contribution in [0.5, 0.6) is 0 Å². The highest BCUT2D eigenvalue weighted by molar-refractivity contribution is 6.04. The fraction of sp³-hybridized carbons (Fsp3) is 0.562. The number of likely N-dealkylation sites (tertiary alicyclic amines) is 1. The van der Waals surface area contributed by atoms with Crippen molar-refractivity contribution in [2.75, 3.05) is 42.9 Å². The molecule has 1 saturated carbocycles. The fourth-order valence-corrected chi connectivity index (χ4v) is 7.96.